The molecule has 1 heterocycles. The van der Waals surface area contributed by atoms with Gasteiger partial charge in [0.05, 0.1) is 11.7 Å². The fourth-order valence-corrected chi connectivity index (χ4v) is 3.10. The average molecular weight is 327 g/mol. The second kappa shape index (κ2) is 6.13. The molecule has 2 aromatic carbocycles. The van der Waals surface area contributed by atoms with E-state index in [4.69, 9.17) is 0 Å². The number of carbonyl (C=O) groups excluding carboxylic acids is 3. The number of carboxylic acids is 1. The second-order valence-electron chi connectivity index (χ2n) is 4.79. The summed E-state index contributed by atoms with van der Waals surface area (Å²) >= 11 is 0.849. The number of hydrogen-bond donors (Lipinski definition) is 1. The number of hydrogen-bond acceptors (Lipinski definition) is 6. The van der Waals surface area contributed by atoms with Gasteiger partial charge in [-0.25, -0.2) is 4.90 Å². The van der Waals surface area contributed by atoms with Gasteiger partial charge in [0.1, 0.15) is 0 Å². The highest BCUT2D eigenvalue weighted by atomic mass is 32.2. The van der Waals surface area contributed by atoms with Crippen molar-refractivity contribution in [3.63, 3.8) is 0 Å². The lowest BCUT2D eigenvalue weighted by Gasteiger charge is -2.15. The van der Waals surface area contributed by atoms with E-state index in [2.05, 4.69) is 5.32 Å². The maximum absolute atomic E-state index is 12.4. The largest absolute Gasteiger partial charge is 0.545 e. The number of anilines is 2. The molecule has 0 aliphatic carbocycles. The van der Waals surface area contributed by atoms with E-state index in [1.807, 2.05) is 0 Å². The number of para-hydroxylation sites is 1. The molecule has 2 aromatic rings. The third-order valence-electron chi connectivity index (χ3n) is 3.26. The Kier molecular flexibility index (Phi) is 4.03. The molecule has 6 nitrogen and oxygen atoms in total. The van der Waals surface area contributed by atoms with Gasteiger partial charge in [-0.05, 0) is 41.6 Å². The Morgan fingerprint density at radius 1 is 1.09 bits per heavy atom. The first-order valence-corrected chi connectivity index (χ1v) is 7.62. The minimum absolute atomic E-state index is 0.00307. The van der Waals surface area contributed by atoms with Gasteiger partial charge in [-0.1, -0.05) is 30.3 Å². The van der Waals surface area contributed by atoms with Crippen LogP contribution in [0.25, 0.3) is 0 Å². The first-order valence-electron chi connectivity index (χ1n) is 6.74. The lowest BCUT2D eigenvalue weighted by atomic mass is 10.2. The summed E-state index contributed by atoms with van der Waals surface area (Å²) in [5, 5.41) is 12.6. The molecule has 23 heavy (non-hydrogen) atoms. The van der Waals surface area contributed by atoms with Crippen molar-refractivity contribution < 1.29 is 19.5 Å². The number of aromatic carboxylic acids is 1. The molecule has 0 bridgehead atoms. The summed E-state index contributed by atoms with van der Waals surface area (Å²) in [4.78, 5) is 36.5. The fourth-order valence-electron chi connectivity index (χ4n) is 2.20. The van der Waals surface area contributed by atoms with Crippen LogP contribution in [-0.4, -0.2) is 22.5 Å². The molecule has 0 spiro atoms. The number of rotatable bonds is 4. The number of thioether (sulfide) groups is 1. The predicted molar refractivity (Wildman–Crippen MR) is 85.1 cm³/mol. The van der Waals surface area contributed by atoms with E-state index in [1.54, 1.807) is 36.4 Å². The van der Waals surface area contributed by atoms with Crippen LogP contribution in [0.2, 0.25) is 0 Å². The number of benzene rings is 2. The van der Waals surface area contributed by atoms with Crippen LogP contribution in [0, 0.1) is 0 Å². The van der Waals surface area contributed by atoms with Crippen LogP contribution in [0.4, 0.5) is 16.2 Å². The van der Waals surface area contributed by atoms with E-state index in [9.17, 15) is 19.5 Å². The Morgan fingerprint density at radius 3 is 2.52 bits per heavy atom. The zero-order valence-electron chi connectivity index (χ0n) is 11.8. The Hall–Kier alpha value is -2.80. The normalized spacial score (nSPS) is 17.4. The maximum atomic E-state index is 12.4. The van der Waals surface area contributed by atoms with Crippen molar-refractivity contribution in [1.29, 1.82) is 0 Å². The van der Waals surface area contributed by atoms with Gasteiger partial charge in [0, 0.05) is 5.69 Å². The number of imide groups is 1. The van der Waals surface area contributed by atoms with Gasteiger partial charge in [-0.15, -0.1) is 0 Å². The molecule has 0 saturated carbocycles. The highest BCUT2D eigenvalue weighted by molar-refractivity contribution is 8.16. The molecule has 0 unspecified atom stereocenters. The highest BCUT2D eigenvalue weighted by Gasteiger charge is 2.40. The van der Waals surface area contributed by atoms with Gasteiger partial charge in [0.2, 0.25) is 0 Å². The summed E-state index contributed by atoms with van der Waals surface area (Å²) < 4.78 is 0. The minimum atomic E-state index is -1.30. The van der Waals surface area contributed by atoms with Crippen molar-refractivity contribution in [3.05, 3.63) is 60.2 Å². The summed E-state index contributed by atoms with van der Waals surface area (Å²) in [6.45, 7) is 0. The van der Waals surface area contributed by atoms with Crippen LogP contribution in [-0.2, 0) is 4.79 Å². The van der Waals surface area contributed by atoms with Gasteiger partial charge < -0.3 is 15.2 Å². The Balaban J connectivity index is 1.80. The van der Waals surface area contributed by atoms with Crippen molar-refractivity contribution in [2.24, 2.45) is 0 Å². The number of amides is 2. The van der Waals surface area contributed by atoms with E-state index < -0.39 is 17.3 Å². The predicted octanol–water partition coefficient (Wildman–Crippen LogP) is 1.69. The number of nitrogens with zero attached hydrogens (tertiary/aromatic N) is 1. The van der Waals surface area contributed by atoms with Crippen molar-refractivity contribution in [1.82, 2.24) is 0 Å². The monoisotopic (exact) mass is 327 g/mol. The number of nitrogens with one attached hydrogen (secondary N) is 1. The maximum Gasteiger partial charge on any atom is 0.295 e. The minimum Gasteiger partial charge on any atom is -0.545 e. The zero-order valence-corrected chi connectivity index (χ0v) is 12.6. The molecule has 1 N–H and O–H groups in total. The smallest absolute Gasteiger partial charge is 0.295 e. The molecule has 2 amide bonds. The first kappa shape index (κ1) is 15.1. The van der Waals surface area contributed by atoms with Crippen LogP contribution in [0.3, 0.4) is 0 Å². The molecular weight excluding hydrogens is 316 g/mol. The topological polar surface area (TPSA) is 89.5 Å². The molecule has 1 aliphatic rings. The fraction of sp³-hybridized carbons (Fsp3) is 0.0625. The van der Waals surface area contributed by atoms with Crippen molar-refractivity contribution in [3.8, 4) is 0 Å². The highest BCUT2D eigenvalue weighted by Crippen LogP contribution is 2.32. The molecule has 1 saturated heterocycles. The molecule has 1 aliphatic heterocycles. The quantitative estimate of drug-likeness (QED) is 0.919. The Morgan fingerprint density at radius 2 is 1.83 bits per heavy atom. The van der Waals surface area contributed by atoms with Gasteiger partial charge in [-0.3, -0.25) is 9.59 Å². The Labute approximate surface area is 136 Å². The summed E-state index contributed by atoms with van der Waals surface area (Å²) in [6.07, 6.45) is 0. The molecule has 116 valence electrons. The standard InChI is InChI=1S/C16H12N2O4S/c19-14-13(17-11-6-4-5-10(9-11)15(20)21)23-16(22)18(14)12-7-2-1-3-8-12/h1-9,13,17H,(H,20,21)/p-1/t13-/m0/s1. The second-order valence-corrected chi connectivity index (χ2v) is 5.84. The van der Waals surface area contributed by atoms with E-state index in [0.717, 1.165) is 16.7 Å². The zero-order chi connectivity index (χ0) is 16.4. The third kappa shape index (κ3) is 3.04. The van der Waals surface area contributed by atoms with E-state index >= 15 is 0 Å². The van der Waals surface area contributed by atoms with Gasteiger partial charge in [-0.2, -0.15) is 0 Å². The summed E-state index contributed by atoms with van der Waals surface area (Å²) in [5.74, 6) is -1.70. The average Bonchev–Trinajstić information content (AvgIpc) is 2.82. The van der Waals surface area contributed by atoms with Crippen LogP contribution in [0.15, 0.2) is 54.6 Å². The molecule has 0 aromatic heterocycles. The van der Waals surface area contributed by atoms with Gasteiger partial charge in [0.15, 0.2) is 5.37 Å². The van der Waals surface area contributed by atoms with Gasteiger partial charge in [0.25, 0.3) is 11.1 Å². The molecule has 7 heteroatoms. The molecular formula is C16H11N2O4S-. The van der Waals surface area contributed by atoms with Crippen LogP contribution in [0.1, 0.15) is 10.4 Å². The number of carbonyl (C=O) groups is 3. The van der Waals surface area contributed by atoms with Crippen molar-refractivity contribution >= 4 is 40.3 Å². The van der Waals surface area contributed by atoms with Crippen LogP contribution in [0.5, 0.6) is 0 Å². The molecule has 3 rings (SSSR count). The lowest BCUT2D eigenvalue weighted by Crippen LogP contribution is -2.34. The third-order valence-corrected chi connectivity index (χ3v) is 4.20. The summed E-state index contributed by atoms with van der Waals surface area (Å²) in [5.41, 5.74) is 0.930. The summed E-state index contributed by atoms with van der Waals surface area (Å²) in [7, 11) is 0. The summed E-state index contributed by atoms with van der Waals surface area (Å²) in [6, 6.07) is 14.5. The SMILES string of the molecule is O=C([O-])c1cccc(N[C@H]2SC(=O)N(c3ccccc3)C2=O)c1. The van der Waals surface area contributed by atoms with E-state index in [1.165, 1.54) is 18.2 Å². The molecule has 1 fully saturated rings. The first-order chi connectivity index (χ1) is 11.1. The van der Waals surface area contributed by atoms with E-state index in [0.29, 0.717) is 11.4 Å². The molecule has 0 radical (unpaired) electrons. The van der Waals surface area contributed by atoms with Crippen LogP contribution >= 0.6 is 11.8 Å². The Bertz CT molecular complexity index is 779. The molecule has 1 atom stereocenters. The van der Waals surface area contributed by atoms with Gasteiger partial charge >= 0.3 is 0 Å². The number of carboxylic acid groups (broad SMARTS) is 1. The van der Waals surface area contributed by atoms with Crippen molar-refractivity contribution in [2.45, 2.75) is 5.37 Å². The lowest BCUT2D eigenvalue weighted by molar-refractivity contribution is -0.255. The van der Waals surface area contributed by atoms with Crippen LogP contribution < -0.4 is 15.3 Å². The van der Waals surface area contributed by atoms with Crippen molar-refractivity contribution in [2.75, 3.05) is 10.2 Å². The van der Waals surface area contributed by atoms with E-state index in [-0.39, 0.29) is 10.8 Å².